The van der Waals surface area contributed by atoms with E-state index in [-0.39, 0.29) is 16.5 Å². The number of benzene rings is 1. The molecule has 4 nitrogen and oxygen atoms in total. The monoisotopic (exact) mass is 364 g/mol. The van der Waals surface area contributed by atoms with E-state index in [1.807, 2.05) is 22.6 Å². The molecule has 1 aromatic carbocycles. The highest BCUT2D eigenvalue weighted by molar-refractivity contribution is 14.1. The molecule has 0 aliphatic rings. The van der Waals surface area contributed by atoms with Gasteiger partial charge in [0.2, 0.25) is 0 Å². The number of carboxylic acids is 1. The molecule has 7 heteroatoms. The summed E-state index contributed by atoms with van der Waals surface area (Å²) in [4.78, 5) is 14.7. The summed E-state index contributed by atoms with van der Waals surface area (Å²) in [5.74, 6) is -1.51. The fourth-order valence-corrected chi connectivity index (χ4v) is 3.04. The summed E-state index contributed by atoms with van der Waals surface area (Å²) in [6.07, 6.45) is 0. The van der Waals surface area contributed by atoms with Crippen LogP contribution in [0.15, 0.2) is 18.2 Å². The minimum atomic E-state index is -1.16. The predicted octanol–water partition coefficient (Wildman–Crippen LogP) is 2.83. The summed E-state index contributed by atoms with van der Waals surface area (Å²) in [5, 5.41) is 9.46. The largest absolute Gasteiger partial charge is 0.476 e. The molecule has 0 amide bonds. The summed E-state index contributed by atoms with van der Waals surface area (Å²) in [5.41, 5.74) is 6.07. The zero-order valence-corrected chi connectivity index (χ0v) is 11.3. The second-order valence-electron chi connectivity index (χ2n) is 3.16. The highest BCUT2D eigenvalue weighted by Crippen LogP contribution is 2.33. The first-order valence-corrected chi connectivity index (χ1v) is 6.33. The Bertz CT molecular complexity index is 600. The van der Waals surface area contributed by atoms with Crippen LogP contribution in [0.4, 0.5) is 9.39 Å². The molecule has 0 bridgehead atoms. The van der Waals surface area contributed by atoms with Crippen molar-refractivity contribution in [1.29, 1.82) is 0 Å². The van der Waals surface area contributed by atoms with Gasteiger partial charge in [0.05, 0.1) is 0 Å². The molecule has 88 valence electrons. The lowest BCUT2D eigenvalue weighted by atomic mass is 10.2. The van der Waals surface area contributed by atoms with Gasteiger partial charge >= 0.3 is 5.97 Å². The lowest BCUT2D eigenvalue weighted by Gasteiger charge is -1.99. The highest BCUT2D eigenvalue weighted by atomic mass is 127. The number of anilines is 1. The molecule has 0 aliphatic heterocycles. The van der Waals surface area contributed by atoms with E-state index in [4.69, 9.17) is 10.8 Å². The van der Waals surface area contributed by atoms with Gasteiger partial charge < -0.3 is 10.8 Å². The first kappa shape index (κ1) is 12.2. The van der Waals surface area contributed by atoms with Crippen molar-refractivity contribution in [2.75, 3.05) is 5.73 Å². The summed E-state index contributed by atoms with van der Waals surface area (Å²) in [6.45, 7) is 0. The van der Waals surface area contributed by atoms with E-state index in [1.54, 1.807) is 6.07 Å². The van der Waals surface area contributed by atoms with Crippen LogP contribution in [-0.4, -0.2) is 16.1 Å². The smallest absolute Gasteiger partial charge is 0.357 e. The number of hydrogen-bond donors (Lipinski definition) is 2. The second kappa shape index (κ2) is 4.57. The standard InChI is InChI=1S/C10H6FIN2O2S/c11-4-1-2-5(6(12)3-4)9-14-7(10(15)16)8(13)17-9/h1-3H,13H2,(H,15,16). The number of carboxylic acid groups (broad SMARTS) is 1. The number of aromatic carboxylic acids is 1. The normalized spacial score (nSPS) is 10.5. The van der Waals surface area contributed by atoms with Gasteiger partial charge in [0.25, 0.3) is 0 Å². The van der Waals surface area contributed by atoms with Crippen LogP contribution in [0.25, 0.3) is 10.6 Å². The fraction of sp³-hybridized carbons (Fsp3) is 0. The van der Waals surface area contributed by atoms with Gasteiger partial charge in [-0.05, 0) is 40.8 Å². The molecule has 0 saturated carbocycles. The SMILES string of the molecule is Nc1sc(-c2ccc(F)cc2I)nc1C(=O)O. The van der Waals surface area contributed by atoms with Crippen molar-refractivity contribution in [2.45, 2.75) is 0 Å². The van der Waals surface area contributed by atoms with Crippen LogP contribution < -0.4 is 5.73 Å². The minimum absolute atomic E-state index is 0.146. The number of thiazole rings is 1. The number of nitrogens with two attached hydrogens (primary N) is 1. The van der Waals surface area contributed by atoms with Gasteiger partial charge in [-0.2, -0.15) is 0 Å². The second-order valence-corrected chi connectivity index (χ2v) is 5.35. The summed E-state index contributed by atoms with van der Waals surface area (Å²) < 4.78 is 13.6. The average molecular weight is 364 g/mol. The lowest BCUT2D eigenvalue weighted by molar-refractivity contribution is 0.0692. The summed E-state index contributed by atoms with van der Waals surface area (Å²) in [6, 6.07) is 4.21. The van der Waals surface area contributed by atoms with E-state index in [1.165, 1.54) is 12.1 Å². The number of carbonyl (C=O) groups is 1. The van der Waals surface area contributed by atoms with Crippen LogP contribution in [-0.2, 0) is 0 Å². The topological polar surface area (TPSA) is 76.2 Å². The molecule has 17 heavy (non-hydrogen) atoms. The fourth-order valence-electron chi connectivity index (χ4n) is 1.26. The van der Waals surface area contributed by atoms with Crippen molar-refractivity contribution in [3.8, 4) is 10.6 Å². The van der Waals surface area contributed by atoms with Crippen LogP contribution >= 0.6 is 33.9 Å². The Morgan fingerprint density at radius 3 is 2.76 bits per heavy atom. The zero-order chi connectivity index (χ0) is 12.6. The number of halogens is 2. The van der Waals surface area contributed by atoms with Crippen molar-refractivity contribution in [3.05, 3.63) is 33.3 Å². The van der Waals surface area contributed by atoms with Crippen LogP contribution in [0.1, 0.15) is 10.5 Å². The average Bonchev–Trinajstić information content (AvgIpc) is 2.60. The van der Waals surface area contributed by atoms with Crippen molar-refractivity contribution in [3.63, 3.8) is 0 Å². The van der Waals surface area contributed by atoms with E-state index >= 15 is 0 Å². The number of nitrogens with zero attached hydrogens (tertiary/aromatic N) is 1. The molecular formula is C10H6FIN2O2S. The highest BCUT2D eigenvalue weighted by Gasteiger charge is 2.17. The van der Waals surface area contributed by atoms with E-state index < -0.39 is 5.97 Å². The Morgan fingerprint density at radius 2 is 2.24 bits per heavy atom. The van der Waals surface area contributed by atoms with Crippen molar-refractivity contribution >= 4 is 44.9 Å². The van der Waals surface area contributed by atoms with Crippen LogP contribution in [0.3, 0.4) is 0 Å². The summed E-state index contributed by atoms with van der Waals surface area (Å²) >= 11 is 3.04. The van der Waals surface area contributed by atoms with Gasteiger partial charge in [-0.15, -0.1) is 0 Å². The molecule has 0 spiro atoms. The molecule has 2 aromatic rings. The van der Waals surface area contributed by atoms with E-state index in [2.05, 4.69) is 4.98 Å². The Morgan fingerprint density at radius 1 is 1.53 bits per heavy atom. The number of hydrogen-bond acceptors (Lipinski definition) is 4. The molecular weight excluding hydrogens is 358 g/mol. The molecule has 2 rings (SSSR count). The molecule has 0 radical (unpaired) electrons. The maximum atomic E-state index is 12.9. The lowest BCUT2D eigenvalue weighted by Crippen LogP contribution is -2.00. The minimum Gasteiger partial charge on any atom is -0.476 e. The maximum absolute atomic E-state index is 12.9. The van der Waals surface area contributed by atoms with Gasteiger partial charge in [0.1, 0.15) is 15.8 Å². The molecule has 1 heterocycles. The van der Waals surface area contributed by atoms with Gasteiger partial charge in [0.15, 0.2) is 5.69 Å². The molecule has 0 fully saturated rings. The Labute approximate surface area is 113 Å². The third-order valence-corrected chi connectivity index (χ3v) is 3.83. The van der Waals surface area contributed by atoms with Crippen molar-refractivity contribution < 1.29 is 14.3 Å². The predicted molar refractivity (Wildman–Crippen MR) is 71.6 cm³/mol. The molecule has 0 unspecified atom stereocenters. The maximum Gasteiger partial charge on any atom is 0.357 e. The van der Waals surface area contributed by atoms with Gasteiger partial charge in [-0.1, -0.05) is 11.3 Å². The molecule has 1 aromatic heterocycles. The van der Waals surface area contributed by atoms with Gasteiger partial charge in [0, 0.05) is 9.13 Å². The quantitative estimate of drug-likeness (QED) is 0.804. The van der Waals surface area contributed by atoms with Crippen molar-refractivity contribution in [1.82, 2.24) is 4.98 Å². The Hall–Kier alpha value is -1.22. The molecule has 0 saturated heterocycles. The Kier molecular flexibility index (Phi) is 3.29. The summed E-state index contributed by atoms with van der Waals surface area (Å²) in [7, 11) is 0. The Balaban J connectivity index is 2.53. The van der Waals surface area contributed by atoms with Crippen molar-refractivity contribution in [2.24, 2.45) is 0 Å². The van der Waals surface area contributed by atoms with E-state index in [0.717, 1.165) is 11.3 Å². The third kappa shape index (κ3) is 2.39. The first-order valence-electron chi connectivity index (χ1n) is 4.44. The van der Waals surface area contributed by atoms with Gasteiger partial charge in [-0.3, -0.25) is 0 Å². The van der Waals surface area contributed by atoms with E-state index in [0.29, 0.717) is 14.1 Å². The van der Waals surface area contributed by atoms with Crippen LogP contribution in [0.2, 0.25) is 0 Å². The number of rotatable bonds is 2. The number of nitrogen functional groups attached to an aromatic ring is 1. The van der Waals surface area contributed by atoms with E-state index in [9.17, 15) is 9.18 Å². The third-order valence-electron chi connectivity index (χ3n) is 2.02. The first-order chi connectivity index (χ1) is 7.99. The number of aromatic nitrogens is 1. The zero-order valence-electron chi connectivity index (χ0n) is 8.28. The van der Waals surface area contributed by atoms with Gasteiger partial charge in [-0.25, -0.2) is 14.2 Å². The van der Waals surface area contributed by atoms with Crippen LogP contribution in [0, 0.1) is 9.39 Å². The molecule has 0 aliphatic carbocycles. The van der Waals surface area contributed by atoms with Crippen LogP contribution in [0.5, 0.6) is 0 Å². The molecule has 3 N–H and O–H groups in total. The molecule has 0 atom stereocenters.